The van der Waals surface area contributed by atoms with Crippen molar-refractivity contribution in [2.24, 2.45) is 5.73 Å². The van der Waals surface area contributed by atoms with Gasteiger partial charge in [-0.05, 0) is 18.4 Å². The number of unbranched alkanes of at least 4 members (excludes halogenated alkanes) is 13. The van der Waals surface area contributed by atoms with Gasteiger partial charge in [-0.15, -0.1) is 0 Å². The van der Waals surface area contributed by atoms with Crippen LogP contribution in [0, 0.1) is 0 Å². The summed E-state index contributed by atoms with van der Waals surface area (Å²) in [6, 6.07) is 9.99. The quantitative estimate of drug-likeness (QED) is 0.232. The van der Waals surface area contributed by atoms with Crippen LogP contribution in [0.15, 0.2) is 30.3 Å². The second kappa shape index (κ2) is 19.5. The highest BCUT2D eigenvalue weighted by molar-refractivity contribution is 5.13. The predicted molar refractivity (Wildman–Crippen MR) is 128 cm³/mol. The van der Waals surface area contributed by atoms with E-state index >= 15 is 0 Å². The van der Waals surface area contributed by atoms with Gasteiger partial charge in [-0.3, -0.25) is 0 Å². The Morgan fingerprint density at radius 1 is 0.607 bits per heavy atom. The molecular weight excluding hydrogens is 340 g/mol. The van der Waals surface area contributed by atoms with Crippen LogP contribution in [0.3, 0.4) is 0 Å². The van der Waals surface area contributed by atoms with Gasteiger partial charge in [0.15, 0.2) is 0 Å². The summed E-state index contributed by atoms with van der Waals surface area (Å²) in [5.74, 6) is 0. The molecule has 2 nitrogen and oxygen atoms in total. The highest BCUT2D eigenvalue weighted by Crippen LogP contribution is 2.13. The van der Waals surface area contributed by atoms with E-state index in [1.807, 2.05) is 30.3 Å². The van der Waals surface area contributed by atoms with Gasteiger partial charge in [0, 0.05) is 6.54 Å². The van der Waals surface area contributed by atoms with Crippen LogP contribution in [0.2, 0.25) is 0 Å². The summed E-state index contributed by atoms with van der Waals surface area (Å²) in [4.78, 5) is 0. The van der Waals surface area contributed by atoms with E-state index in [-0.39, 0.29) is 0 Å². The highest BCUT2D eigenvalue weighted by Gasteiger charge is 2.04. The van der Waals surface area contributed by atoms with Crippen LogP contribution in [0.25, 0.3) is 0 Å². The molecule has 0 aliphatic carbocycles. The largest absolute Gasteiger partial charge is 0.331 e. The molecule has 0 saturated heterocycles. The summed E-state index contributed by atoms with van der Waals surface area (Å²) >= 11 is 0. The molecule has 2 N–H and O–H groups in total. The van der Waals surface area contributed by atoms with Crippen molar-refractivity contribution in [1.29, 1.82) is 0 Å². The standard InChI is InChI=1S/C19H42N.C7H9N/c1-5-6-7-8-9-10-11-12-13-14-15-16-17-18-19-20(2,3)4;8-6-7-4-2-1-3-5-7/h5-19H2,1-4H3;1-5H,6,8H2/q+1;. The van der Waals surface area contributed by atoms with Crippen molar-refractivity contribution < 1.29 is 4.48 Å². The van der Waals surface area contributed by atoms with Gasteiger partial charge in [-0.2, -0.15) is 0 Å². The predicted octanol–water partition coefficient (Wildman–Crippen LogP) is 7.32. The molecule has 28 heavy (non-hydrogen) atoms. The summed E-state index contributed by atoms with van der Waals surface area (Å²) in [5.41, 5.74) is 6.54. The Morgan fingerprint density at radius 3 is 1.32 bits per heavy atom. The van der Waals surface area contributed by atoms with Gasteiger partial charge < -0.3 is 10.2 Å². The monoisotopic (exact) mass is 391 g/mol. The molecular formula is C26H51N2+. The normalized spacial score (nSPS) is 11.2. The Hall–Kier alpha value is -0.860. The van der Waals surface area contributed by atoms with Crippen molar-refractivity contribution in [3.05, 3.63) is 35.9 Å². The zero-order valence-electron chi connectivity index (χ0n) is 19.7. The summed E-state index contributed by atoms with van der Waals surface area (Å²) in [7, 11) is 6.88. The van der Waals surface area contributed by atoms with E-state index < -0.39 is 0 Å². The van der Waals surface area contributed by atoms with E-state index in [0.29, 0.717) is 6.54 Å². The minimum atomic E-state index is 0.640. The van der Waals surface area contributed by atoms with Crippen LogP contribution < -0.4 is 5.73 Å². The van der Waals surface area contributed by atoms with Crippen molar-refractivity contribution in [2.45, 2.75) is 103 Å². The molecule has 0 aliphatic heterocycles. The van der Waals surface area contributed by atoms with Crippen LogP contribution >= 0.6 is 0 Å². The number of hydrogen-bond acceptors (Lipinski definition) is 1. The highest BCUT2D eigenvalue weighted by atomic mass is 15.3. The van der Waals surface area contributed by atoms with Crippen molar-refractivity contribution in [3.8, 4) is 0 Å². The molecule has 0 heterocycles. The van der Waals surface area contributed by atoms with Gasteiger partial charge in [-0.25, -0.2) is 0 Å². The van der Waals surface area contributed by atoms with E-state index in [1.165, 1.54) is 102 Å². The number of rotatable bonds is 16. The van der Waals surface area contributed by atoms with Crippen molar-refractivity contribution in [3.63, 3.8) is 0 Å². The van der Waals surface area contributed by atoms with Crippen molar-refractivity contribution >= 4 is 0 Å². The second-order valence-corrected chi connectivity index (χ2v) is 9.30. The van der Waals surface area contributed by atoms with E-state index in [4.69, 9.17) is 5.73 Å². The molecule has 0 aliphatic rings. The lowest BCUT2D eigenvalue weighted by Crippen LogP contribution is -2.35. The van der Waals surface area contributed by atoms with E-state index in [0.717, 1.165) is 4.48 Å². The Morgan fingerprint density at radius 2 is 1.00 bits per heavy atom. The van der Waals surface area contributed by atoms with Crippen molar-refractivity contribution in [1.82, 2.24) is 0 Å². The molecule has 0 amide bonds. The minimum Gasteiger partial charge on any atom is -0.331 e. The number of nitrogens with zero attached hydrogens (tertiary/aromatic N) is 1. The average Bonchev–Trinajstić information content (AvgIpc) is 2.68. The third-order valence-corrected chi connectivity index (χ3v) is 5.26. The molecule has 1 rings (SSSR count). The zero-order valence-corrected chi connectivity index (χ0v) is 19.7. The van der Waals surface area contributed by atoms with Crippen LogP contribution in [0.5, 0.6) is 0 Å². The van der Waals surface area contributed by atoms with E-state index in [9.17, 15) is 0 Å². The Labute approximate surface area is 177 Å². The summed E-state index contributed by atoms with van der Waals surface area (Å²) in [5, 5.41) is 0. The SMILES string of the molecule is CCCCCCCCCCCCCCCC[N+](C)(C)C.NCc1ccccc1. The second-order valence-electron chi connectivity index (χ2n) is 9.30. The molecule has 0 unspecified atom stereocenters. The zero-order chi connectivity index (χ0) is 20.9. The van der Waals surface area contributed by atoms with Crippen LogP contribution in [-0.2, 0) is 6.54 Å². The van der Waals surface area contributed by atoms with Crippen LogP contribution in [0.1, 0.15) is 102 Å². The van der Waals surface area contributed by atoms with Gasteiger partial charge in [-0.1, -0.05) is 114 Å². The number of quaternary nitrogens is 1. The van der Waals surface area contributed by atoms with Gasteiger partial charge in [0.1, 0.15) is 0 Å². The molecule has 0 bridgehead atoms. The van der Waals surface area contributed by atoms with Crippen molar-refractivity contribution in [2.75, 3.05) is 27.7 Å². The lowest BCUT2D eigenvalue weighted by molar-refractivity contribution is -0.870. The minimum absolute atomic E-state index is 0.640. The molecule has 0 radical (unpaired) electrons. The first-order valence-corrected chi connectivity index (χ1v) is 12.0. The molecule has 0 atom stereocenters. The fraction of sp³-hybridized carbons (Fsp3) is 0.769. The number of hydrogen-bond donors (Lipinski definition) is 1. The maximum atomic E-state index is 5.35. The molecule has 1 aromatic rings. The van der Waals surface area contributed by atoms with Gasteiger partial charge >= 0.3 is 0 Å². The number of nitrogens with two attached hydrogens (primary N) is 1. The fourth-order valence-electron chi connectivity index (χ4n) is 3.39. The first-order valence-electron chi connectivity index (χ1n) is 12.0. The molecule has 0 spiro atoms. The lowest BCUT2D eigenvalue weighted by Gasteiger charge is -2.23. The lowest BCUT2D eigenvalue weighted by atomic mass is 10.0. The Kier molecular flexibility index (Phi) is 18.9. The average molecular weight is 392 g/mol. The third-order valence-electron chi connectivity index (χ3n) is 5.26. The van der Waals surface area contributed by atoms with Gasteiger partial charge in [0.25, 0.3) is 0 Å². The molecule has 0 fully saturated rings. The first kappa shape index (κ1) is 27.1. The van der Waals surface area contributed by atoms with E-state index in [2.05, 4.69) is 28.1 Å². The fourth-order valence-corrected chi connectivity index (χ4v) is 3.39. The maximum absolute atomic E-state index is 5.35. The summed E-state index contributed by atoms with van der Waals surface area (Å²) in [6.45, 7) is 4.27. The Balaban J connectivity index is 0.000000749. The third kappa shape index (κ3) is 21.4. The van der Waals surface area contributed by atoms with E-state index in [1.54, 1.807) is 0 Å². The number of benzene rings is 1. The topological polar surface area (TPSA) is 26.0 Å². The first-order chi connectivity index (χ1) is 13.5. The molecule has 164 valence electrons. The maximum Gasteiger partial charge on any atom is 0.0780 e. The molecule has 2 heteroatoms. The molecule has 0 saturated carbocycles. The van der Waals surface area contributed by atoms with Crippen LogP contribution in [0.4, 0.5) is 0 Å². The van der Waals surface area contributed by atoms with Crippen LogP contribution in [-0.4, -0.2) is 32.2 Å². The molecule has 1 aromatic carbocycles. The molecule has 0 aromatic heterocycles. The smallest absolute Gasteiger partial charge is 0.0780 e. The summed E-state index contributed by atoms with van der Waals surface area (Å²) in [6.07, 6.45) is 20.4. The van der Waals surface area contributed by atoms with Gasteiger partial charge in [0.05, 0.1) is 27.7 Å². The summed E-state index contributed by atoms with van der Waals surface area (Å²) < 4.78 is 1.12. The Bertz CT molecular complexity index is 408. The van der Waals surface area contributed by atoms with Gasteiger partial charge in [0.2, 0.25) is 0 Å².